The van der Waals surface area contributed by atoms with Gasteiger partial charge in [0.2, 0.25) is 0 Å². The van der Waals surface area contributed by atoms with Crippen molar-refractivity contribution in [2.75, 3.05) is 18.1 Å². The van der Waals surface area contributed by atoms with Crippen molar-refractivity contribution in [1.82, 2.24) is 0 Å². The van der Waals surface area contributed by atoms with Crippen LogP contribution in [0.25, 0.3) is 0 Å². The van der Waals surface area contributed by atoms with Crippen LogP contribution in [0.3, 0.4) is 0 Å². The van der Waals surface area contributed by atoms with Gasteiger partial charge in [0, 0.05) is 17.9 Å². The van der Waals surface area contributed by atoms with Gasteiger partial charge in [-0.1, -0.05) is 13.8 Å². The van der Waals surface area contributed by atoms with Crippen molar-refractivity contribution in [2.24, 2.45) is 17.1 Å². The van der Waals surface area contributed by atoms with E-state index >= 15 is 0 Å². The van der Waals surface area contributed by atoms with Crippen LogP contribution in [0, 0.1) is 11.3 Å². The van der Waals surface area contributed by atoms with Crippen LogP contribution in [0.4, 0.5) is 0 Å². The highest BCUT2D eigenvalue weighted by Gasteiger charge is 2.48. The van der Waals surface area contributed by atoms with Gasteiger partial charge in [0.05, 0.1) is 5.60 Å². The van der Waals surface area contributed by atoms with Crippen LogP contribution in [-0.2, 0) is 4.74 Å². The second-order valence-corrected chi connectivity index (χ2v) is 9.03. The molecular formula is C16H29NOS. The zero-order valence-corrected chi connectivity index (χ0v) is 13.4. The van der Waals surface area contributed by atoms with Crippen molar-refractivity contribution >= 4 is 11.8 Å². The molecule has 2 atom stereocenters. The van der Waals surface area contributed by atoms with Gasteiger partial charge in [-0.15, -0.1) is 0 Å². The maximum Gasteiger partial charge on any atom is 0.0783 e. The molecule has 0 aromatic carbocycles. The number of nitrogens with two attached hydrogens (primary N) is 1. The minimum absolute atomic E-state index is 0.0968. The summed E-state index contributed by atoms with van der Waals surface area (Å²) in [7, 11) is 0. The molecule has 0 radical (unpaired) electrons. The van der Waals surface area contributed by atoms with Gasteiger partial charge in [0.15, 0.2) is 0 Å². The zero-order valence-electron chi connectivity index (χ0n) is 12.5. The third-order valence-corrected chi connectivity index (χ3v) is 7.13. The molecule has 3 heteroatoms. The lowest BCUT2D eigenvalue weighted by Crippen LogP contribution is -2.55. The molecule has 1 spiro atoms. The molecule has 0 aromatic rings. The lowest BCUT2D eigenvalue weighted by atomic mass is 9.62. The quantitative estimate of drug-likeness (QED) is 0.799. The Morgan fingerprint density at radius 2 is 1.84 bits per heavy atom. The molecule has 0 amide bonds. The average molecular weight is 283 g/mol. The maximum atomic E-state index is 6.84. The van der Waals surface area contributed by atoms with E-state index in [1.54, 1.807) is 0 Å². The van der Waals surface area contributed by atoms with E-state index in [9.17, 15) is 0 Å². The number of thioether (sulfide) groups is 1. The first-order valence-electron chi connectivity index (χ1n) is 7.94. The molecule has 3 aliphatic rings. The Labute approximate surface area is 122 Å². The van der Waals surface area contributed by atoms with Crippen LogP contribution in [-0.4, -0.2) is 29.3 Å². The second-order valence-electron chi connectivity index (χ2n) is 7.92. The van der Waals surface area contributed by atoms with Crippen molar-refractivity contribution in [2.45, 2.75) is 69.9 Å². The summed E-state index contributed by atoms with van der Waals surface area (Å²) >= 11 is 2.06. The minimum Gasteiger partial charge on any atom is -0.374 e. The van der Waals surface area contributed by atoms with Crippen molar-refractivity contribution in [1.29, 1.82) is 0 Å². The third kappa shape index (κ3) is 2.84. The summed E-state index contributed by atoms with van der Waals surface area (Å²) in [5.74, 6) is 3.17. The molecule has 2 nitrogen and oxygen atoms in total. The van der Waals surface area contributed by atoms with Gasteiger partial charge >= 0.3 is 0 Å². The van der Waals surface area contributed by atoms with Crippen LogP contribution in [0.2, 0.25) is 0 Å². The standard InChI is InChI=1S/C16H29NOS/c1-14(2)4-6-16(17,7-5-14)13-3-9-18-15(11-13)8-10-19-12-15/h13H,3-12,17H2,1-2H3. The Balaban J connectivity index is 1.68. The lowest BCUT2D eigenvalue weighted by Gasteiger charge is -2.50. The molecular weight excluding hydrogens is 254 g/mol. The van der Waals surface area contributed by atoms with Gasteiger partial charge in [-0.2, -0.15) is 11.8 Å². The van der Waals surface area contributed by atoms with Gasteiger partial charge in [-0.25, -0.2) is 0 Å². The Morgan fingerprint density at radius 3 is 2.47 bits per heavy atom. The second kappa shape index (κ2) is 4.92. The van der Waals surface area contributed by atoms with Crippen LogP contribution < -0.4 is 5.73 Å². The van der Waals surface area contributed by atoms with E-state index in [0.717, 1.165) is 6.61 Å². The van der Waals surface area contributed by atoms with Crippen molar-refractivity contribution in [3.63, 3.8) is 0 Å². The molecule has 0 aromatic heterocycles. The van der Waals surface area contributed by atoms with Crippen LogP contribution >= 0.6 is 11.8 Å². The smallest absolute Gasteiger partial charge is 0.0783 e. The summed E-state index contributed by atoms with van der Waals surface area (Å²) in [5, 5.41) is 0. The predicted octanol–water partition coefficient (Wildman–Crippen LogP) is 3.59. The number of hydrogen-bond donors (Lipinski definition) is 1. The third-order valence-electron chi connectivity index (χ3n) is 5.91. The molecule has 3 rings (SSSR count). The van der Waals surface area contributed by atoms with E-state index in [-0.39, 0.29) is 11.1 Å². The Hall–Kier alpha value is 0.270. The molecule has 0 bridgehead atoms. The van der Waals surface area contributed by atoms with Gasteiger partial charge in [-0.05, 0) is 62.0 Å². The monoisotopic (exact) mass is 283 g/mol. The van der Waals surface area contributed by atoms with Crippen LogP contribution in [0.15, 0.2) is 0 Å². The summed E-state index contributed by atoms with van der Waals surface area (Å²) < 4.78 is 6.16. The van der Waals surface area contributed by atoms with Gasteiger partial charge in [0.1, 0.15) is 0 Å². The Morgan fingerprint density at radius 1 is 1.11 bits per heavy atom. The lowest BCUT2D eigenvalue weighted by molar-refractivity contribution is -0.0981. The normalized spacial score (nSPS) is 41.5. The van der Waals surface area contributed by atoms with Crippen molar-refractivity contribution < 1.29 is 4.74 Å². The van der Waals surface area contributed by atoms with Crippen LogP contribution in [0.5, 0.6) is 0 Å². The van der Waals surface area contributed by atoms with E-state index in [0.29, 0.717) is 11.3 Å². The molecule has 2 heterocycles. The SMILES string of the molecule is CC1(C)CCC(N)(C2CCOC3(CCSC3)C2)CC1. The number of rotatable bonds is 1. The van der Waals surface area contributed by atoms with Crippen molar-refractivity contribution in [3.8, 4) is 0 Å². The number of ether oxygens (including phenoxy) is 1. The largest absolute Gasteiger partial charge is 0.374 e. The summed E-state index contributed by atoms with van der Waals surface area (Å²) in [6.45, 7) is 5.73. The maximum absolute atomic E-state index is 6.84. The Kier molecular flexibility index (Phi) is 3.68. The molecule has 110 valence electrons. The molecule has 2 aliphatic heterocycles. The van der Waals surface area contributed by atoms with Gasteiger partial charge < -0.3 is 10.5 Å². The first-order chi connectivity index (χ1) is 8.93. The molecule has 2 N–H and O–H groups in total. The minimum atomic E-state index is 0.0968. The summed E-state index contributed by atoms with van der Waals surface area (Å²) in [5.41, 5.74) is 7.64. The molecule has 19 heavy (non-hydrogen) atoms. The fourth-order valence-electron chi connectivity index (χ4n) is 4.18. The van der Waals surface area contributed by atoms with Gasteiger partial charge in [-0.3, -0.25) is 0 Å². The summed E-state index contributed by atoms with van der Waals surface area (Å²) in [6, 6.07) is 0. The first-order valence-corrected chi connectivity index (χ1v) is 9.09. The van der Waals surface area contributed by atoms with E-state index in [1.165, 1.54) is 56.5 Å². The molecule has 1 aliphatic carbocycles. The van der Waals surface area contributed by atoms with E-state index in [4.69, 9.17) is 10.5 Å². The van der Waals surface area contributed by atoms with Crippen molar-refractivity contribution in [3.05, 3.63) is 0 Å². The summed E-state index contributed by atoms with van der Waals surface area (Å²) in [6.07, 6.45) is 8.67. The fourth-order valence-corrected chi connectivity index (χ4v) is 5.56. The zero-order chi connectivity index (χ0) is 13.6. The predicted molar refractivity (Wildman–Crippen MR) is 82.5 cm³/mol. The highest BCUT2D eigenvalue weighted by molar-refractivity contribution is 7.99. The topological polar surface area (TPSA) is 35.2 Å². The number of hydrogen-bond acceptors (Lipinski definition) is 3. The fraction of sp³-hybridized carbons (Fsp3) is 1.00. The Bertz CT molecular complexity index is 326. The highest BCUT2D eigenvalue weighted by Crippen LogP contribution is 2.49. The molecule has 2 saturated heterocycles. The van der Waals surface area contributed by atoms with Crippen LogP contribution in [0.1, 0.15) is 58.8 Å². The first kappa shape index (κ1) is 14.2. The summed E-state index contributed by atoms with van der Waals surface area (Å²) in [4.78, 5) is 0. The molecule has 1 saturated carbocycles. The van der Waals surface area contributed by atoms with Gasteiger partial charge in [0.25, 0.3) is 0 Å². The average Bonchev–Trinajstić information content (AvgIpc) is 2.82. The molecule has 3 fully saturated rings. The molecule has 2 unspecified atom stereocenters. The van der Waals surface area contributed by atoms with E-state index in [2.05, 4.69) is 25.6 Å². The van der Waals surface area contributed by atoms with E-state index in [1.807, 2.05) is 0 Å². The van der Waals surface area contributed by atoms with E-state index < -0.39 is 0 Å². The highest BCUT2D eigenvalue weighted by atomic mass is 32.2.